The Kier molecular flexibility index (Phi) is 6.74. The molecule has 0 aliphatic heterocycles. The average molecular weight is 467 g/mol. The summed E-state index contributed by atoms with van der Waals surface area (Å²) in [6.45, 7) is 6.33. The summed E-state index contributed by atoms with van der Waals surface area (Å²) >= 11 is 6.02. The molecule has 33 heavy (non-hydrogen) atoms. The molecule has 0 amide bonds. The van der Waals surface area contributed by atoms with Gasteiger partial charge in [0.1, 0.15) is 22.6 Å². The highest BCUT2D eigenvalue weighted by Crippen LogP contribution is 2.33. The van der Waals surface area contributed by atoms with Crippen LogP contribution in [-0.2, 0) is 11.3 Å². The molecule has 0 aliphatic rings. The van der Waals surface area contributed by atoms with Crippen LogP contribution in [0.1, 0.15) is 37.0 Å². The third kappa shape index (κ3) is 5.23. The number of carbonyl (C=O) groups is 1. The molecule has 2 aromatic carbocycles. The van der Waals surface area contributed by atoms with Gasteiger partial charge in [0.25, 0.3) is 5.71 Å². The van der Waals surface area contributed by atoms with E-state index in [0.717, 1.165) is 16.9 Å². The van der Waals surface area contributed by atoms with Crippen LogP contribution < -0.4 is 10.1 Å². The molecule has 1 N–H and O–H groups in total. The predicted octanol–water partition coefficient (Wildman–Crippen LogP) is 5.51. The van der Waals surface area contributed by atoms with Crippen LogP contribution in [0.3, 0.4) is 0 Å². The summed E-state index contributed by atoms with van der Waals surface area (Å²) in [5, 5.41) is 8.62. The molecule has 9 heteroatoms. The minimum Gasteiger partial charge on any atom is -0.491 e. The van der Waals surface area contributed by atoms with Crippen molar-refractivity contribution >= 4 is 34.5 Å². The topological polar surface area (TPSA) is 99.4 Å². The van der Waals surface area contributed by atoms with Crippen LogP contribution in [-0.4, -0.2) is 33.8 Å². The number of ether oxygens (including phenoxy) is 2. The van der Waals surface area contributed by atoms with Gasteiger partial charge in [0.15, 0.2) is 0 Å². The monoisotopic (exact) mass is 466 g/mol. The Bertz CT molecular complexity index is 1250. The zero-order valence-electron chi connectivity index (χ0n) is 18.5. The Morgan fingerprint density at radius 3 is 2.48 bits per heavy atom. The second-order valence-electron chi connectivity index (χ2n) is 7.50. The van der Waals surface area contributed by atoms with Gasteiger partial charge in [0.05, 0.1) is 12.7 Å². The van der Waals surface area contributed by atoms with Gasteiger partial charge < -0.3 is 19.3 Å². The number of rotatable bonds is 8. The van der Waals surface area contributed by atoms with Crippen LogP contribution in [0.4, 0.5) is 5.82 Å². The van der Waals surface area contributed by atoms with Crippen molar-refractivity contribution in [3.8, 4) is 17.0 Å². The van der Waals surface area contributed by atoms with E-state index in [4.69, 9.17) is 25.6 Å². The van der Waals surface area contributed by atoms with Gasteiger partial charge in [-0.05, 0) is 50.6 Å². The van der Waals surface area contributed by atoms with Crippen LogP contribution in [0, 0.1) is 0 Å². The van der Waals surface area contributed by atoms with Crippen molar-refractivity contribution in [2.45, 2.75) is 33.4 Å². The zero-order valence-corrected chi connectivity index (χ0v) is 19.2. The van der Waals surface area contributed by atoms with Gasteiger partial charge in [-0.25, -0.2) is 9.78 Å². The van der Waals surface area contributed by atoms with Crippen molar-refractivity contribution in [3.05, 3.63) is 64.9 Å². The first-order valence-corrected chi connectivity index (χ1v) is 10.9. The molecule has 0 atom stereocenters. The Morgan fingerprint density at radius 1 is 1.09 bits per heavy atom. The van der Waals surface area contributed by atoms with Crippen molar-refractivity contribution in [2.75, 3.05) is 11.9 Å². The summed E-state index contributed by atoms with van der Waals surface area (Å²) < 4.78 is 16.2. The van der Waals surface area contributed by atoms with E-state index in [0.29, 0.717) is 28.5 Å². The van der Waals surface area contributed by atoms with Crippen LogP contribution in [0.5, 0.6) is 5.75 Å². The van der Waals surface area contributed by atoms with E-state index in [2.05, 4.69) is 20.4 Å². The number of carbonyl (C=O) groups excluding carboxylic acids is 1. The largest absolute Gasteiger partial charge is 0.491 e. The molecule has 0 radical (unpaired) electrons. The quantitative estimate of drug-likeness (QED) is 0.339. The lowest BCUT2D eigenvalue weighted by Gasteiger charge is -2.11. The molecule has 170 valence electrons. The van der Waals surface area contributed by atoms with Crippen LogP contribution >= 0.6 is 11.6 Å². The van der Waals surface area contributed by atoms with Gasteiger partial charge in [-0.1, -0.05) is 41.0 Å². The van der Waals surface area contributed by atoms with Gasteiger partial charge in [-0.3, -0.25) is 0 Å². The lowest BCUT2D eigenvalue weighted by molar-refractivity contribution is 0.0512. The summed E-state index contributed by atoms with van der Waals surface area (Å²) in [6.07, 6.45) is 0.101. The number of anilines is 1. The third-order valence-electron chi connectivity index (χ3n) is 4.67. The lowest BCUT2D eigenvalue weighted by atomic mass is 10.1. The van der Waals surface area contributed by atoms with E-state index >= 15 is 0 Å². The number of aromatic nitrogens is 3. The van der Waals surface area contributed by atoms with Gasteiger partial charge >= 0.3 is 5.97 Å². The molecule has 2 aromatic heterocycles. The molecule has 0 saturated heterocycles. The Balaban J connectivity index is 1.69. The van der Waals surface area contributed by atoms with Crippen molar-refractivity contribution in [1.29, 1.82) is 0 Å². The minimum atomic E-state index is -0.637. The second-order valence-corrected chi connectivity index (χ2v) is 7.94. The van der Waals surface area contributed by atoms with E-state index in [1.54, 1.807) is 19.1 Å². The Morgan fingerprint density at radius 2 is 1.82 bits per heavy atom. The molecule has 2 heterocycles. The number of hydrogen-bond donors (Lipinski definition) is 1. The summed E-state index contributed by atoms with van der Waals surface area (Å²) in [6, 6.07) is 14.9. The first-order chi connectivity index (χ1) is 15.9. The van der Waals surface area contributed by atoms with E-state index in [1.165, 1.54) is 0 Å². The van der Waals surface area contributed by atoms with Crippen molar-refractivity contribution < 1.29 is 18.8 Å². The van der Waals surface area contributed by atoms with Crippen molar-refractivity contribution in [1.82, 2.24) is 15.1 Å². The fraction of sp³-hybridized carbons (Fsp3) is 0.250. The highest BCUT2D eigenvalue weighted by Gasteiger charge is 2.22. The Hall–Kier alpha value is -3.65. The second kappa shape index (κ2) is 9.87. The number of esters is 1. The molecule has 4 rings (SSSR count). The summed E-state index contributed by atoms with van der Waals surface area (Å²) in [5.41, 5.74) is 2.50. The zero-order chi connectivity index (χ0) is 23.4. The van der Waals surface area contributed by atoms with E-state index in [1.807, 2.05) is 50.2 Å². The van der Waals surface area contributed by atoms with Crippen LogP contribution in [0.2, 0.25) is 5.02 Å². The molecule has 0 aliphatic carbocycles. The standard InChI is InChI=1S/C24H23ClN4O4/c1-4-31-24(30)22-27-21(26-13-15-5-11-18(12-6-15)32-14(2)3)19-20(29-33-23(19)28-22)16-7-9-17(25)10-8-16/h5-12,14H,4,13H2,1-3H3,(H,26,27,28). The SMILES string of the molecule is CCOC(=O)c1nc(NCc2ccc(OC(C)C)cc2)c2c(-c3ccc(Cl)cc3)noc2n1. The van der Waals surface area contributed by atoms with Crippen LogP contribution in [0.25, 0.3) is 22.4 Å². The Labute approximate surface area is 195 Å². The van der Waals surface area contributed by atoms with Gasteiger partial charge in [0.2, 0.25) is 5.82 Å². The maximum Gasteiger partial charge on any atom is 0.376 e. The number of hydrogen-bond acceptors (Lipinski definition) is 8. The minimum absolute atomic E-state index is 0.101. The highest BCUT2D eigenvalue weighted by atomic mass is 35.5. The molecular weight excluding hydrogens is 444 g/mol. The smallest absolute Gasteiger partial charge is 0.376 e. The van der Waals surface area contributed by atoms with Gasteiger partial charge in [-0.15, -0.1) is 0 Å². The summed E-state index contributed by atoms with van der Waals surface area (Å²) in [7, 11) is 0. The molecule has 0 fully saturated rings. The molecule has 4 aromatic rings. The highest BCUT2D eigenvalue weighted by molar-refractivity contribution is 6.30. The van der Waals surface area contributed by atoms with Crippen LogP contribution in [0.15, 0.2) is 53.1 Å². The van der Waals surface area contributed by atoms with E-state index in [9.17, 15) is 4.79 Å². The van der Waals surface area contributed by atoms with E-state index < -0.39 is 5.97 Å². The fourth-order valence-corrected chi connectivity index (χ4v) is 3.34. The third-order valence-corrected chi connectivity index (χ3v) is 4.92. The van der Waals surface area contributed by atoms with Gasteiger partial charge in [0, 0.05) is 17.1 Å². The number of fused-ring (bicyclic) bond motifs is 1. The molecular formula is C24H23ClN4O4. The van der Waals surface area contributed by atoms with Gasteiger partial charge in [-0.2, -0.15) is 4.98 Å². The van der Waals surface area contributed by atoms with Crippen molar-refractivity contribution in [3.63, 3.8) is 0 Å². The molecule has 0 saturated carbocycles. The first-order valence-electron chi connectivity index (χ1n) is 10.5. The van der Waals surface area contributed by atoms with E-state index in [-0.39, 0.29) is 24.2 Å². The summed E-state index contributed by atoms with van der Waals surface area (Å²) in [4.78, 5) is 20.9. The number of halogens is 1. The predicted molar refractivity (Wildman–Crippen MR) is 126 cm³/mol. The lowest BCUT2D eigenvalue weighted by Crippen LogP contribution is -2.12. The molecule has 0 bridgehead atoms. The molecule has 0 unspecified atom stereocenters. The average Bonchev–Trinajstić information content (AvgIpc) is 3.23. The number of nitrogens with one attached hydrogen (secondary N) is 1. The fourth-order valence-electron chi connectivity index (χ4n) is 3.22. The number of benzene rings is 2. The molecule has 8 nitrogen and oxygen atoms in total. The number of nitrogens with zero attached hydrogens (tertiary/aromatic N) is 3. The molecule has 0 spiro atoms. The summed E-state index contributed by atoms with van der Waals surface area (Å²) in [5.74, 6) is 0.469. The maximum absolute atomic E-state index is 12.3. The first kappa shape index (κ1) is 22.5. The van der Waals surface area contributed by atoms with Crippen molar-refractivity contribution in [2.24, 2.45) is 0 Å². The normalized spacial score (nSPS) is 11.1. The maximum atomic E-state index is 12.3.